The van der Waals surface area contributed by atoms with E-state index < -0.39 is 0 Å². The second-order valence-electron chi connectivity index (χ2n) is 6.65. The van der Waals surface area contributed by atoms with Crippen LogP contribution in [0.25, 0.3) is 22.8 Å². The normalized spacial score (nSPS) is 11.7. The predicted molar refractivity (Wildman–Crippen MR) is 112 cm³/mol. The molecule has 0 atom stereocenters. The molecule has 3 aromatic heterocycles. The minimum atomic E-state index is 0.604. The second kappa shape index (κ2) is 6.92. The number of benzene rings is 1. The van der Waals surface area contributed by atoms with Crippen molar-refractivity contribution in [3.8, 4) is 0 Å². The van der Waals surface area contributed by atoms with Crippen molar-refractivity contribution >= 4 is 40.9 Å². The molecule has 136 valence electrons. The fraction of sp³-hybridized carbons (Fsp3) is 0.200. The summed E-state index contributed by atoms with van der Waals surface area (Å²) in [6.45, 7) is 2.68. The number of hydrogen-bond acceptors (Lipinski definition) is 5. The standard InChI is InChI=1S/C20H20N6S/c1-14-8-9-17-16(12-14)18(27)25(11-5-7-15-6-4-10-21-13-15)20-23-22-19(24(2)3)26(17)20/h4-10,12-13H,11H2,1-3H3. The number of hydrogen-bond donors (Lipinski definition) is 0. The highest BCUT2D eigenvalue weighted by Crippen LogP contribution is 2.24. The Morgan fingerprint density at radius 2 is 2.04 bits per heavy atom. The lowest BCUT2D eigenvalue weighted by Crippen LogP contribution is -2.14. The first-order valence-electron chi connectivity index (χ1n) is 8.68. The fourth-order valence-electron chi connectivity index (χ4n) is 3.13. The van der Waals surface area contributed by atoms with Crippen LogP contribution < -0.4 is 4.90 Å². The van der Waals surface area contributed by atoms with Crippen LogP contribution in [-0.4, -0.2) is 38.2 Å². The van der Waals surface area contributed by atoms with Crippen LogP contribution >= 0.6 is 12.2 Å². The van der Waals surface area contributed by atoms with E-state index in [4.69, 9.17) is 12.2 Å². The van der Waals surface area contributed by atoms with E-state index in [0.717, 1.165) is 32.8 Å². The Balaban J connectivity index is 1.92. The summed E-state index contributed by atoms with van der Waals surface area (Å²) in [5, 5.41) is 9.82. The van der Waals surface area contributed by atoms with Crippen molar-refractivity contribution in [1.82, 2.24) is 24.1 Å². The minimum Gasteiger partial charge on any atom is -0.347 e. The molecule has 4 rings (SSSR count). The number of rotatable bonds is 4. The van der Waals surface area contributed by atoms with Gasteiger partial charge in [-0.2, -0.15) is 0 Å². The maximum Gasteiger partial charge on any atom is 0.238 e. The number of pyridine rings is 1. The molecule has 0 aliphatic heterocycles. The van der Waals surface area contributed by atoms with Gasteiger partial charge in [0.15, 0.2) is 0 Å². The molecule has 0 aliphatic carbocycles. The Hall–Kier alpha value is -3.06. The van der Waals surface area contributed by atoms with E-state index >= 15 is 0 Å². The molecule has 0 spiro atoms. The third-order valence-corrected chi connectivity index (χ3v) is 4.86. The predicted octanol–water partition coefficient (Wildman–Crippen LogP) is 3.90. The van der Waals surface area contributed by atoms with E-state index in [0.29, 0.717) is 6.54 Å². The highest BCUT2D eigenvalue weighted by Gasteiger charge is 2.15. The van der Waals surface area contributed by atoms with Crippen molar-refractivity contribution in [2.45, 2.75) is 13.5 Å². The van der Waals surface area contributed by atoms with E-state index in [2.05, 4.69) is 50.8 Å². The molecule has 1 aromatic carbocycles. The van der Waals surface area contributed by atoms with Gasteiger partial charge in [-0.3, -0.25) is 9.55 Å². The summed E-state index contributed by atoms with van der Waals surface area (Å²) in [6.07, 6.45) is 7.70. The highest BCUT2D eigenvalue weighted by molar-refractivity contribution is 7.71. The van der Waals surface area contributed by atoms with Gasteiger partial charge in [-0.15, -0.1) is 10.2 Å². The molecule has 0 unspecified atom stereocenters. The van der Waals surface area contributed by atoms with Gasteiger partial charge in [0, 0.05) is 38.4 Å². The average molecular weight is 376 g/mol. The first-order chi connectivity index (χ1) is 13.1. The van der Waals surface area contributed by atoms with Gasteiger partial charge >= 0.3 is 0 Å². The van der Waals surface area contributed by atoms with Crippen molar-refractivity contribution < 1.29 is 0 Å². The van der Waals surface area contributed by atoms with Crippen LogP contribution in [0.2, 0.25) is 0 Å². The summed E-state index contributed by atoms with van der Waals surface area (Å²) in [5.74, 6) is 1.51. The summed E-state index contributed by atoms with van der Waals surface area (Å²) < 4.78 is 4.83. The Morgan fingerprint density at radius 3 is 2.78 bits per heavy atom. The van der Waals surface area contributed by atoms with Gasteiger partial charge in [0.2, 0.25) is 11.7 Å². The molecule has 0 fully saturated rings. The molecule has 7 heteroatoms. The summed E-state index contributed by atoms with van der Waals surface area (Å²) in [7, 11) is 3.93. The van der Waals surface area contributed by atoms with E-state index in [1.54, 1.807) is 6.20 Å². The number of aryl methyl sites for hydroxylation is 1. The largest absolute Gasteiger partial charge is 0.347 e. The summed E-state index contributed by atoms with van der Waals surface area (Å²) in [6, 6.07) is 10.2. The molecule has 6 nitrogen and oxygen atoms in total. The average Bonchev–Trinajstić information content (AvgIpc) is 3.10. The first kappa shape index (κ1) is 17.4. The Bertz CT molecular complexity index is 1200. The molecular weight excluding hydrogens is 356 g/mol. The Kier molecular flexibility index (Phi) is 4.45. The van der Waals surface area contributed by atoms with Crippen LogP contribution in [0.15, 0.2) is 48.8 Å². The molecule has 0 amide bonds. The van der Waals surface area contributed by atoms with Crippen molar-refractivity contribution in [3.63, 3.8) is 0 Å². The van der Waals surface area contributed by atoms with Crippen molar-refractivity contribution in [2.24, 2.45) is 0 Å². The van der Waals surface area contributed by atoms with Crippen molar-refractivity contribution in [3.05, 3.63) is 64.6 Å². The van der Waals surface area contributed by atoms with E-state index in [9.17, 15) is 0 Å². The first-order valence-corrected chi connectivity index (χ1v) is 9.09. The number of anilines is 1. The Labute approximate surface area is 162 Å². The monoisotopic (exact) mass is 376 g/mol. The quantitative estimate of drug-likeness (QED) is 0.506. The number of fused-ring (bicyclic) bond motifs is 3. The third kappa shape index (κ3) is 3.10. The minimum absolute atomic E-state index is 0.604. The lowest BCUT2D eigenvalue weighted by atomic mass is 10.1. The van der Waals surface area contributed by atoms with Gasteiger partial charge in [0.1, 0.15) is 4.64 Å². The van der Waals surface area contributed by atoms with Crippen LogP contribution in [0, 0.1) is 11.6 Å². The van der Waals surface area contributed by atoms with Crippen LogP contribution in [0.5, 0.6) is 0 Å². The lowest BCUT2D eigenvalue weighted by Gasteiger charge is -2.14. The zero-order chi connectivity index (χ0) is 19.0. The van der Waals surface area contributed by atoms with Gasteiger partial charge in [-0.05, 0) is 30.7 Å². The third-order valence-electron chi connectivity index (χ3n) is 4.42. The molecule has 3 heterocycles. The summed E-state index contributed by atoms with van der Waals surface area (Å²) in [5.41, 5.74) is 3.23. The van der Waals surface area contributed by atoms with Gasteiger partial charge < -0.3 is 4.90 Å². The maximum absolute atomic E-state index is 5.81. The van der Waals surface area contributed by atoms with Gasteiger partial charge in [0.05, 0.1) is 5.52 Å². The van der Waals surface area contributed by atoms with Crippen LogP contribution in [0.4, 0.5) is 5.95 Å². The molecule has 0 radical (unpaired) electrons. The van der Waals surface area contributed by atoms with E-state index in [-0.39, 0.29) is 0 Å². The highest BCUT2D eigenvalue weighted by atomic mass is 32.1. The summed E-state index contributed by atoms with van der Waals surface area (Å²) in [4.78, 5) is 6.10. The molecule has 0 aliphatic rings. The Morgan fingerprint density at radius 1 is 1.19 bits per heavy atom. The van der Waals surface area contributed by atoms with E-state index in [1.165, 1.54) is 5.56 Å². The van der Waals surface area contributed by atoms with E-state index in [1.807, 2.05) is 48.0 Å². The second-order valence-corrected chi connectivity index (χ2v) is 7.04. The van der Waals surface area contributed by atoms with Gasteiger partial charge in [-0.25, -0.2) is 4.40 Å². The number of nitrogens with zero attached hydrogens (tertiary/aromatic N) is 6. The van der Waals surface area contributed by atoms with Crippen LogP contribution in [0.1, 0.15) is 11.1 Å². The molecular formula is C20H20N6S. The number of allylic oxidation sites excluding steroid dienone is 1. The molecule has 4 aromatic rings. The molecule has 0 N–H and O–H groups in total. The SMILES string of the molecule is Cc1ccc2c(c1)c(=S)n(CC=Cc1cccnc1)c1nnc(N(C)C)n21. The van der Waals surface area contributed by atoms with Crippen LogP contribution in [-0.2, 0) is 6.54 Å². The van der Waals surface area contributed by atoms with Crippen molar-refractivity contribution in [1.29, 1.82) is 0 Å². The zero-order valence-corrected chi connectivity index (χ0v) is 16.3. The topological polar surface area (TPSA) is 51.2 Å². The van der Waals surface area contributed by atoms with Crippen molar-refractivity contribution in [2.75, 3.05) is 19.0 Å². The fourth-order valence-corrected chi connectivity index (χ4v) is 3.45. The van der Waals surface area contributed by atoms with Crippen LogP contribution in [0.3, 0.4) is 0 Å². The zero-order valence-electron chi connectivity index (χ0n) is 15.5. The molecule has 0 saturated heterocycles. The number of aromatic nitrogens is 5. The molecule has 27 heavy (non-hydrogen) atoms. The molecule has 0 saturated carbocycles. The van der Waals surface area contributed by atoms with Gasteiger partial charge in [0.25, 0.3) is 0 Å². The molecule has 0 bridgehead atoms. The van der Waals surface area contributed by atoms with Gasteiger partial charge in [-0.1, -0.05) is 42.1 Å². The lowest BCUT2D eigenvalue weighted by molar-refractivity contribution is 0.805. The maximum atomic E-state index is 5.81. The summed E-state index contributed by atoms with van der Waals surface area (Å²) >= 11 is 5.81. The smallest absolute Gasteiger partial charge is 0.238 e.